The quantitative estimate of drug-likeness (QED) is 0.903. The first-order valence-electron chi connectivity index (χ1n) is 6.33. The van der Waals surface area contributed by atoms with Gasteiger partial charge in [0.15, 0.2) is 11.5 Å². The first-order valence-corrected chi connectivity index (χ1v) is 7.12. The third kappa shape index (κ3) is 2.90. The molecule has 0 bridgehead atoms. The Labute approximate surface area is 130 Å². The lowest BCUT2D eigenvalue weighted by molar-refractivity contribution is 0.171. The van der Waals surface area contributed by atoms with E-state index in [1.54, 1.807) is 13.2 Å². The highest BCUT2D eigenvalue weighted by molar-refractivity contribution is 9.10. The van der Waals surface area contributed by atoms with Gasteiger partial charge in [-0.2, -0.15) is 0 Å². The number of hydrogen-bond donors (Lipinski definition) is 1. The number of ether oxygens (including phenoxy) is 3. The summed E-state index contributed by atoms with van der Waals surface area (Å²) >= 11 is 3.38. The molecular formula is C15H13BrFNO3. The van der Waals surface area contributed by atoms with Gasteiger partial charge in [-0.3, -0.25) is 0 Å². The summed E-state index contributed by atoms with van der Waals surface area (Å²) in [6.07, 6.45) is 0. The third-order valence-electron chi connectivity index (χ3n) is 3.13. The molecule has 2 aromatic rings. The van der Waals surface area contributed by atoms with Crippen LogP contribution in [0.4, 0.5) is 10.1 Å². The van der Waals surface area contributed by atoms with E-state index < -0.39 is 0 Å². The van der Waals surface area contributed by atoms with Crippen molar-refractivity contribution in [2.24, 2.45) is 0 Å². The van der Waals surface area contributed by atoms with Gasteiger partial charge in [0.25, 0.3) is 0 Å². The zero-order valence-corrected chi connectivity index (χ0v) is 12.9. The van der Waals surface area contributed by atoms with Crippen molar-refractivity contribution < 1.29 is 18.6 Å². The molecule has 0 amide bonds. The van der Waals surface area contributed by atoms with Crippen LogP contribution in [0.1, 0.15) is 5.56 Å². The summed E-state index contributed by atoms with van der Waals surface area (Å²) in [6, 6.07) is 8.25. The minimum Gasteiger partial charge on any atom is -0.493 e. The molecule has 1 heterocycles. The minimum atomic E-state index is -0.288. The van der Waals surface area contributed by atoms with Crippen molar-refractivity contribution in [1.29, 1.82) is 0 Å². The number of benzene rings is 2. The maximum absolute atomic E-state index is 13.3. The maximum atomic E-state index is 13.3. The molecule has 0 saturated heterocycles. The second-order valence-corrected chi connectivity index (χ2v) is 5.36. The molecule has 1 aliphatic heterocycles. The highest BCUT2D eigenvalue weighted by Gasteiger charge is 2.20. The molecular weight excluding hydrogens is 341 g/mol. The molecule has 4 nitrogen and oxygen atoms in total. The lowest BCUT2D eigenvalue weighted by atomic mass is 10.1. The average molecular weight is 354 g/mol. The molecule has 0 radical (unpaired) electrons. The van der Waals surface area contributed by atoms with E-state index in [1.807, 2.05) is 12.1 Å². The molecule has 0 spiro atoms. The molecule has 110 valence electrons. The number of rotatable bonds is 4. The molecule has 3 rings (SSSR count). The molecule has 0 atom stereocenters. The van der Waals surface area contributed by atoms with Gasteiger partial charge in [0, 0.05) is 11.0 Å². The lowest BCUT2D eigenvalue weighted by Gasteiger charge is -2.11. The van der Waals surface area contributed by atoms with Crippen LogP contribution in [0.15, 0.2) is 34.8 Å². The van der Waals surface area contributed by atoms with Crippen molar-refractivity contribution in [1.82, 2.24) is 0 Å². The Morgan fingerprint density at radius 1 is 1.29 bits per heavy atom. The SMILES string of the molecule is COc1cc(CNc2cc(F)ccc2Br)cc2c1OCO2. The number of anilines is 1. The highest BCUT2D eigenvalue weighted by atomic mass is 79.9. The molecule has 21 heavy (non-hydrogen) atoms. The largest absolute Gasteiger partial charge is 0.493 e. The maximum Gasteiger partial charge on any atom is 0.231 e. The Hall–Kier alpha value is -1.95. The number of methoxy groups -OCH3 is 1. The van der Waals surface area contributed by atoms with Crippen molar-refractivity contribution in [3.63, 3.8) is 0 Å². The van der Waals surface area contributed by atoms with Crippen LogP contribution in [-0.4, -0.2) is 13.9 Å². The van der Waals surface area contributed by atoms with Crippen LogP contribution in [0.5, 0.6) is 17.2 Å². The van der Waals surface area contributed by atoms with Gasteiger partial charge in [0.2, 0.25) is 12.5 Å². The summed E-state index contributed by atoms with van der Waals surface area (Å²) in [5.41, 5.74) is 1.64. The molecule has 6 heteroatoms. The van der Waals surface area contributed by atoms with E-state index in [1.165, 1.54) is 12.1 Å². The van der Waals surface area contributed by atoms with Crippen molar-refractivity contribution in [2.45, 2.75) is 6.54 Å². The summed E-state index contributed by atoms with van der Waals surface area (Å²) in [5, 5.41) is 3.17. The molecule has 0 unspecified atom stereocenters. The van der Waals surface area contributed by atoms with Gasteiger partial charge < -0.3 is 19.5 Å². The number of hydrogen-bond acceptors (Lipinski definition) is 4. The van der Waals surface area contributed by atoms with E-state index in [-0.39, 0.29) is 12.6 Å². The predicted molar refractivity (Wildman–Crippen MR) is 80.5 cm³/mol. The standard InChI is InChI=1S/C15H13BrFNO3/c1-19-13-4-9(5-14-15(13)21-8-20-14)7-18-12-6-10(17)2-3-11(12)16/h2-6,18H,7-8H2,1H3. The molecule has 0 fully saturated rings. The zero-order chi connectivity index (χ0) is 14.8. The smallest absolute Gasteiger partial charge is 0.231 e. The zero-order valence-electron chi connectivity index (χ0n) is 11.3. The topological polar surface area (TPSA) is 39.7 Å². The number of nitrogens with one attached hydrogen (secondary N) is 1. The highest BCUT2D eigenvalue weighted by Crippen LogP contribution is 2.42. The van der Waals surface area contributed by atoms with E-state index in [4.69, 9.17) is 14.2 Å². The minimum absolute atomic E-state index is 0.192. The van der Waals surface area contributed by atoms with E-state index in [0.717, 1.165) is 10.0 Å². The number of fused-ring (bicyclic) bond motifs is 1. The molecule has 0 saturated carbocycles. The van der Waals surface area contributed by atoms with E-state index in [0.29, 0.717) is 29.5 Å². The van der Waals surface area contributed by atoms with Gasteiger partial charge in [-0.05, 0) is 51.8 Å². The predicted octanol–water partition coefficient (Wildman–Crippen LogP) is 3.94. The van der Waals surface area contributed by atoms with Crippen LogP contribution in [-0.2, 0) is 6.54 Å². The van der Waals surface area contributed by atoms with Crippen molar-refractivity contribution >= 4 is 21.6 Å². The summed E-state index contributed by atoms with van der Waals surface area (Å²) in [7, 11) is 1.58. The van der Waals surface area contributed by atoms with Crippen molar-refractivity contribution in [3.05, 3.63) is 46.2 Å². The summed E-state index contributed by atoms with van der Waals surface area (Å²) in [4.78, 5) is 0. The van der Waals surface area contributed by atoms with E-state index in [9.17, 15) is 4.39 Å². The van der Waals surface area contributed by atoms with E-state index in [2.05, 4.69) is 21.2 Å². The van der Waals surface area contributed by atoms with E-state index >= 15 is 0 Å². The molecule has 1 N–H and O–H groups in total. The summed E-state index contributed by atoms with van der Waals surface area (Å²) in [5.74, 6) is 1.61. The van der Waals surface area contributed by atoms with Crippen LogP contribution in [0.25, 0.3) is 0 Å². The van der Waals surface area contributed by atoms with Crippen LogP contribution in [0, 0.1) is 5.82 Å². The van der Waals surface area contributed by atoms with Gasteiger partial charge >= 0.3 is 0 Å². The van der Waals surface area contributed by atoms with Gasteiger partial charge in [0.05, 0.1) is 12.8 Å². The third-order valence-corrected chi connectivity index (χ3v) is 3.82. The monoisotopic (exact) mass is 353 g/mol. The van der Waals surface area contributed by atoms with Crippen LogP contribution >= 0.6 is 15.9 Å². The molecule has 0 aliphatic carbocycles. The normalized spacial score (nSPS) is 12.3. The summed E-state index contributed by atoms with van der Waals surface area (Å²) < 4.78 is 30.1. The van der Waals surface area contributed by atoms with Gasteiger partial charge in [-0.15, -0.1) is 0 Å². The van der Waals surface area contributed by atoms with Crippen LogP contribution in [0.2, 0.25) is 0 Å². The lowest BCUT2D eigenvalue weighted by Crippen LogP contribution is -2.01. The van der Waals surface area contributed by atoms with Crippen LogP contribution < -0.4 is 19.5 Å². The van der Waals surface area contributed by atoms with Gasteiger partial charge in [0.1, 0.15) is 5.82 Å². The van der Waals surface area contributed by atoms with Gasteiger partial charge in [-0.25, -0.2) is 4.39 Å². The van der Waals surface area contributed by atoms with Crippen LogP contribution in [0.3, 0.4) is 0 Å². The first kappa shape index (κ1) is 14.0. The fourth-order valence-corrected chi connectivity index (χ4v) is 2.50. The fraction of sp³-hybridized carbons (Fsp3) is 0.200. The Balaban J connectivity index is 1.81. The van der Waals surface area contributed by atoms with Gasteiger partial charge in [-0.1, -0.05) is 0 Å². The Morgan fingerprint density at radius 2 is 2.14 bits per heavy atom. The number of halogens is 2. The first-order chi connectivity index (χ1) is 10.2. The Bertz CT molecular complexity index is 678. The van der Waals surface area contributed by atoms with Crippen molar-refractivity contribution in [2.75, 3.05) is 19.2 Å². The van der Waals surface area contributed by atoms with Crippen molar-refractivity contribution in [3.8, 4) is 17.2 Å². The molecule has 2 aromatic carbocycles. The second kappa shape index (κ2) is 5.81. The Morgan fingerprint density at radius 3 is 2.95 bits per heavy atom. The second-order valence-electron chi connectivity index (χ2n) is 4.51. The Kier molecular flexibility index (Phi) is 3.88. The fourth-order valence-electron chi connectivity index (χ4n) is 2.12. The average Bonchev–Trinajstić information content (AvgIpc) is 2.95. The molecule has 1 aliphatic rings. The molecule has 0 aromatic heterocycles. The summed E-state index contributed by atoms with van der Waals surface area (Å²) in [6.45, 7) is 0.701.